The minimum Gasteiger partial charge on any atom is -0.507 e. The average Bonchev–Trinajstić information content (AvgIpc) is 2.53. The number of aromatic hydroxyl groups is 1. The van der Waals surface area contributed by atoms with Crippen LogP contribution >= 0.6 is 0 Å². The van der Waals surface area contributed by atoms with Crippen molar-refractivity contribution >= 4 is 17.5 Å². The van der Waals surface area contributed by atoms with E-state index in [4.69, 9.17) is 9.47 Å². The third-order valence-electron chi connectivity index (χ3n) is 3.84. The first kappa shape index (κ1) is 16.8. The van der Waals surface area contributed by atoms with Crippen LogP contribution in [0.5, 0.6) is 5.75 Å². The maximum atomic E-state index is 12.5. The lowest BCUT2D eigenvalue weighted by Gasteiger charge is -2.31. The smallest absolute Gasteiger partial charge is 0.349 e. The van der Waals surface area contributed by atoms with Gasteiger partial charge in [0.2, 0.25) is 0 Å². The van der Waals surface area contributed by atoms with E-state index in [-0.39, 0.29) is 17.7 Å². The molecule has 0 bridgehead atoms. The van der Waals surface area contributed by atoms with Crippen LogP contribution in [-0.2, 0) is 25.5 Å². The Morgan fingerprint density at radius 3 is 2.08 bits per heavy atom. The molecule has 0 amide bonds. The molecular formula is C20H18O5. The highest BCUT2D eigenvalue weighted by molar-refractivity contribution is 6.21. The summed E-state index contributed by atoms with van der Waals surface area (Å²) in [6.45, 7) is 2.99. The number of esters is 2. The van der Waals surface area contributed by atoms with Crippen molar-refractivity contribution in [3.63, 3.8) is 0 Å². The van der Waals surface area contributed by atoms with Gasteiger partial charge in [-0.05, 0) is 23.6 Å². The highest BCUT2D eigenvalue weighted by atomic mass is 16.7. The lowest BCUT2D eigenvalue weighted by molar-refractivity contribution is -0.222. The zero-order valence-electron chi connectivity index (χ0n) is 14.0. The third-order valence-corrected chi connectivity index (χ3v) is 3.84. The minimum absolute atomic E-state index is 0.0219. The zero-order valence-corrected chi connectivity index (χ0v) is 14.0. The predicted octanol–water partition coefficient (Wildman–Crippen LogP) is 3.22. The molecule has 2 aromatic carbocycles. The number of phenols is 1. The quantitative estimate of drug-likeness (QED) is 0.528. The van der Waals surface area contributed by atoms with Crippen LogP contribution in [0.3, 0.4) is 0 Å². The third kappa shape index (κ3) is 3.55. The summed E-state index contributed by atoms with van der Waals surface area (Å²) in [5.74, 6) is -2.84. The number of carbonyl (C=O) groups excluding carboxylic acids is 2. The molecule has 0 aromatic heterocycles. The number of cyclic esters (lactones) is 2. The summed E-state index contributed by atoms with van der Waals surface area (Å²) in [6.07, 6.45) is 0.276. The van der Waals surface area contributed by atoms with Crippen LogP contribution < -0.4 is 0 Å². The summed E-state index contributed by atoms with van der Waals surface area (Å²) in [5.41, 5.74) is 1.47. The maximum Gasteiger partial charge on any atom is 0.349 e. The fraction of sp³-hybridized carbons (Fsp3) is 0.200. The lowest BCUT2D eigenvalue weighted by Crippen LogP contribution is -2.42. The summed E-state index contributed by atoms with van der Waals surface area (Å²) in [4.78, 5) is 24.9. The molecule has 1 fully saturated rings. The largest absolute Gasteiger partial charge is 0.507 e. The number of hydrogen-bond acceptors (Lipinski definition) is 5. The highest BCUT2D eigenvalue weighted by Crippen LogP contribution is 2.34. The number of hydrogen-bond donors (Lipinski definition) is 1. The van der Waals surface area contributed by atoms with E-state index in [0.717, 1.165) is 5.56 Å². The van der Waals surface area contributed by atoms with Gasteiger partial charge in [-0.25, -0.2) is 9.59 Å². The summed E-state index contributed by atoms with van der Waals surface area (Å²) in [7, 11) is 0. The molecule has 5 heteroatoms. The maximum absolute atomic E-state index is 12.5. The van der Waals surface area contributed by atoms with Crippen LogP contribution in [0.1, 0.15) is 25.0 Å². The van der Waals surface area contributed by atoms with Gasteiger partial charge < -0.3 is 14.6 Å². The van der Waals surface area contributed by atoms with Gasteiger partial charge in [-0.15, -0.1) is 0 Å². The molecule has 0 unspecified atom stereocenters. The van der Waals surface area contributed by atoms with Crippen molar-refractivity contribution in [1.29, 1.82) is 0 Å². The number of carbonyl (C=O) groups is 2. The molecule has 5 nitrogen and oxygen atoms in total. The van der Waals surface area contributed by atoms with Gasteiger partial charge in [0.1, 0.15) is 11.3 Å². The van der Waals surface area contributed by atoms with E-state index < -0.39 is 17.7 Å². The van der Waals surface area contributed by atoms with Crippen molar-refractivity contribution in [1.82, 2.24) is 0 Å². The molecule has 2 aromatic rings. The van der Waals surface area contributed by atoms with Crippen molar-refractivity contribution in [3.05, 3.63) is 71.3 Å². The number of ether oxygens (including phenoxy) is 2. The van der Waals surface area contributed by atoms with Crippen molar-refractivity contribution in [2.45, 2.75) is 26.1 Å². The molecule has 1 aliphatic heterocycles. The van der Waals surface area contributed by atoms with Crippen LogP contribution in [0.4, 0.5) is 0 Å². The highest BCUT2D eigenvalue weighted by Gasteiger charge is 2.41. The minimum atomic E-state index is -1.31. The lowest BCUT2D eigenvalue weighted by atomic mass is 9.92. The molecule has 1 aliphatic rings. The second-order valence-electron chi connectivity index (χ2n) is 6.21. The van der Waals surface area contributed by atoms with Crippen LogP contribution in [0.2, 0.25) is 0 Å². The normalized spacial score (nSPS) is 16.2. The average molecular weight is 338 g/mol. The Labute approximate surface area is 145 Å². The van der Waals surface area contributed by atoms with E-state index in [9.17, 15) is 14.7 Å². The number of allylic oxidation sites excluding steroid dienone is 1. The van der Waals surface area contributed by atoms with Gasteiger partial charge in [0.15, 0.2) is 0 Å². The van der Waals surface area contributed by atoms with Gasteiger partial charge in [-0.1, -0.05) is 48.5 Å². The van der Waals surface area contributed by atoms with E-state index in [2.05, 4.69) is 0 Å². The van der Waals surface area contributed by atoms with E-state index in [1.54, 1.807) is 18.2 Å². The SMILES string of the molecule is CC1(C)OC(=O)C(=C(Cc2ccccc2)c2ccccc2O)C(=O)O1. The number of phenolic OH excluding ortho intramolecular Hbond substituents is 1. The van der Waals surface area contributed by atoms with Crippen molar-refractivity contribution < 1.29 is 24.2 Å². The first-order valence-corrected chi connectivity index (χ1v) is 7.89. The first-order chi connectivity index (χ1) is 11.9. The molecule has 0 spiro atoms. The second-order valence-corrected chi connectivity index (χ2v) is 6.21. The van der Waals surface area contributed by atoms with Crippen LogP contribution in [-0.4, -0.2) is 22.8 Å². The van der Waals surface area contributed by atoms with Gasteiger partial charge in [-0.2, -0.15) is 0 Å². The standard InChI is InChI=1S/C20H18O5/c1-20(2)24-18(22)17(19(23)25-20)15(12-13-8-4-3-5-9-13)14-10-6-7-11-16(14)21/h3-11,21H,12H2,1-2H3. The molecule has 25 heavy (non-hydrogen) atoms. The molecule has 0 aliphatic carbocycles. The number of benzene rings is 2. The van der Waals surface area contributed by atoms with E-state index in [1.165, 1.54) is 19.9 Å². The molecule has 3 rings (SSSR count). The summed E-state index contributed by atoms with van der Waals surface area (Å²) in [6, 6.07) is 15.9. The van der Waals surface area contributed by atoms with Crippen molar-refractivity contribution in [3.8, 4) is 5.75 Å². The fourth-order valence-electron chi connectivity index (χ4n) is 2.75. The topological polar surface area (TPSA) is 72.8 Å². The van der Waals surface area contributed by atoms with Gasteiger partial charge in [0.25, 0.3) is 5.79 Å². The Kier molecular flexibility index (Phi) is 4.31. The van der Waals surface area contributed by atoms with Crippen LogP contribution in [0.15, 0.2) is 60.2 Å². The Balaban J connectivity index is 2.15. The van der Waals surface area contributed by atoms with Crippen LogP contribution in [0, 0.1) is 0 Å². The molecule has 0 saturated carbocycles. The van der Waals surface area contributed by atoms with Crippen LogP contribution in [0.25, 0.3) is 5.57 Å². The summed E-state index contributed by atoms with van der Waals surface area (Å²) in [5, 5.41) is 10.2. The predicted molar refractivity (Wildman–Crippen MR) is 91.4 cm³/mol. The Morgan fingerprint density at radius 1 is 0.920 bits per heavy atom. The van der Waals surface area contributed by atoms with Gasteiger partial charge in [-0.3, -0.25) is 0 Å². The van der Waals surface area contributed by atoms with Gasteiger partial charge >= 0.3 is 11.9 Å². The monoisotopic (exact) mass is 338 g/mol. The fourth-order valence-corrected chi connectivity index (χ4v) is 2.75. The number of rotatable bonds is 3. The molecule has 1 saturated heterocycles. The number of para-hydroxylation sites is 1. The summed E-state index contributed by atoms with van der Waals surface area (Å²) >= 11 is 0. The van der Waals surface area contributed by atoms with E-state index in [1.807, 2.05) is 30.3 Å². The Hall–Kier alpha value is -3.08. The van der Waals surface area contributed by atoms with Crippen molar-refractivity contribution in [2.75, 3.05) is 0 Å². The van der Waals surface area contributed by atoms with Crippen molar-refractivity contribution in [2.24, 2.45) is 0 Å². The van der Waals surface area contributed by atoms with E-state index in [0.29, 0.717) is 11.1 Å². The summed E-state index contributed by atoms with van der Waals surface area (Å²) < 4.78 is 10.4. The molecule has 1 N–H and O–H groups in total. The second kappa shape index (κ2) is 6.43. The zero-order chi connectivity index (χ0) is 18.0. The molecule has 1 heterocycles. The van der Waals surface area contributed by atoms with Gasteiger partial charge in [0.05, 0.1) is 0 Å². The van der Waals surface area contributed by atoms with Gasteiger partial charge in [0, 0.05) is 19.4 Å². The molecule has 128 valence electrons. The Morgan fingerprint density at radius 2 is 1.48 bits per heavy atom. The molecule has 0 atom stereocenters. The first-order valence-electron chi connectivity index (χ1n) is 7.89. The Bertz CT molecular complexity index is 827. The molecular weight excluding hydrogens is 320 g/mol. The molecule has 0 radical (unpaired) electrons. The van der Waals surface area contributed by atoms with E-state index >= 15 is 0 Å².